The number of alkyl halides is 3. The first-order valence-electron chi connectivity index (χ1n) is 6.92. The number of carbonyl (C=O) groups is 1. The lowest BCUT2D eigenvalue weighted by atomic mass is 10.2. The molecule has 1 heterocycles. The molecule has 1 aliphatic rings. The quantitative estimate of drug-likeness (QED) is 0.635. The third-order valence-corrected chi connectivity index (χ3v) is 4.99. The van der Waals surface area contributed by atoms with Gasteiger partial charge in [-0.2, -0.15) is 13.2 Å². The van der Waals surface area contributed by atoms with Crippen LogP contribution >= 0.6 is 35.0 Å². The Bertz CT molecular complexity index is 871. The van der Waals surface area contributed by atoms with E-state index in [9.17, 15) is 18.0 Å². The zero-order chi connectivity index (χ0) is 18.2. The van der Waals surface area contributed by atoms with Crippen molar-refractivity contribution < 1.29 is 18.0 Å². The average Bonchev–Trinajstić information content (AvgIpc) is 2.90. The Morgan fingerprint density at radius 3 is 2.52 bits per heavy atom. The highest BCUT2D eigenvalue weighted by atomic mass is 35.5. The van der Waals surface area contributed by atoms with E-state index in [1.165, 1.54) is 29.2 Å². The molecular weight excluding hydrogens is 396 g/mol. The maximum absolute atomic E-state index is 12.8. The summed E-state index contributed by atoms with van der Waals surface area (Å²) in [6.45, 7) is 0. The van der Waals surface area contributed by atoms with Gasteiger partial charge in [0.15, 0.2) is 5.17 Å². The standard InChI is InChI=1S/C16H9Cl2F3N2OS/c17-12-5-4-11(7-13(12)18)23-14(24)8-25-15(23)22-10-3-1-2-9(6-10)16(19,20)21/h1-7H,8H2. The molecule has 9 heteroatoms. The molecule has 1 amide bonds. The van der Waals surface area contributed by atoms with E-state index in [2.05, 4.69) is 4.99 Å². The highest BCUT2D eigenvalue weighted by molar-refractivity contribution is 8.15. The van der Waals surface area contributed by atoms with Crippen LogP contribution in [0, 0.1) is 0 Å². The number of hydrogen-bond acceptors (Lipinski definition) is 3. The van der Waals surface area contributed by atoms with E-state index in [-0.39, 0.29) is 27.5 Å². The lowest BCUT2D eigenvalue weighted by Crippen LogP contribution is -2.29. The Morgan fingerprint density at radius 2 is 1.84 bits per heavy atom. The number of thioether (sulfide) groups is 1. The average molecular weight is 405 g/mol. The molecule has 0 aliphatic carbocycles. The van der Waals surface area contributed by atoms with Crippen molar-refractivity contribution in [2.75, 3.05) is 10.7 Å². The van der Waals surface area contributed by atoms with Gasteiger partial charge in [0.1, 0.15) is 0 Å². The van der Waals surface area contributed by atoms with Gasteiger partial charge in [-0.15, -0.1) is 0 Å². The van der Waals surface area contributed by atoms with E-state index in [4.69, 9.17) is 23.2 Å². The monoisotopic (exact) mass is 404 g/mol. The molecule has 3 nitrogen and oxygen atoms in total. The second kappa shape index (κ2) is 6.90. The van der Waals surface area contributed by atoms with Crippen LogP contribution in [0.25, 0.3) is 0 Å². The molecule has 0 bridgehead atoms. The Labute approximate surface area is 155 Å². The van der Waals surface area contributed by atoms with Crippen LogP contribution in [0.5, 0.6) is 0 Å². The summed E-state index contributed by atoms with van der Waals surface area (Å²) < 4.78 is 38.5. The predicted octanol–water partition coefficient (Wildman–Crippen LogP) is 5.78. The second-order valence-electron chi connectivity index (χ2n) is 5.06. The van der Waals surface area contributed by atoms with Crippen molar-refractivity contribution in [3.05, 3.63) is 58.1 Å². The molecule has 0 spiro atoms. The van der Waals surface area contributed by atoms with Crippen LogP contribution in [0.2, 0.25) is 10.0 Å². The molecule has 0 N–H and O–H groups in total. The van der Waals surface area contributed by atoms with Crippen molar-refractivity contribution in [3.8, 4) is 0 Å². The zero-order valence-corrected chi connectivity index (χ0v) is 14.7. The molecule has 25 heavy (non-hydrogen) atoms. The largest absolute Gasteiger partial charge is 0.416 e. The van der Waals surface area contributed by atoms with Crippen LogP contribution in [0.4, 0.5) is 24.5 Å². The van der Waals surface area contributed by atoms with E-state index in [0.717, 1.165) is 23.9 Å². The molecule has 1 fully saturated rings. The number of amidine groups is 1. The Morgan fingerprint density at radius 1 is 1.08 bits per heavy atom. The summed E-state index contributed by atoms with van der Waals surface area (Å²) in [5, 5.41) is 0.881. The normalized spacial score (nSPS) is 16.8. The molecule has 0 radical (unpaired) electrons. The summed E-state index contributed by atoms with van der Waals surface area (Å²) in [6, 6.07) is 9.26. The fraction of sp³-hybridized carbons (Fsp3) is 0.125. The number of nitrogens with zero attached hydrogens (tertiary/aromatic N) is 2. The summed E-state index contributed by atoms with van der Waals surface area (Å²) in [4.78, 5) is 17.7. The third kappa shape index (κ3) is 3.94. The van der Waals surface area contributed by atoms with Crippen molar-refractivity contribution in [2.24, 2.45) is 4.99 Å². The summed E-state index contributed by atoms with van der Waals surface area (Å²) in [6.07, 6.45) is -4.46. The molecule has 2 aromatic carbocycles. The van der Waals surface area contributed by atoms with E-state index in [1.54, 1.807) is 6.07 Å². The van der Waals surface area contributed by atoms with Crippen LogP contribution in [-0.2, 0) is 11.0 Å². The van der Waals surface area contributed by atoms with Crippen LogP contribution in [0.3, 0.4) is 0 Å². The molecule has 2 aromatic rings. The topological polar surface area (TPSA) is 32.7 Å². The zero-order valence-electron chi connectivity index (χ0n) is 12.3. The highest BCUT2D eigenvalue weighted by Gasteiger charge is 2.32. The smallest absolute Gasteiger partial charge is 0.273 e. The number of amides is 1. The molecule has 0 atom stereocenters. The van der Waals surface area contributed by atoms with Crippen molar-refractivity contribution in [2.45, 2.75) is 6.18 Å². The summed E-state index contributed by atoms with van der Waals surface area (Å²) in [7, 11) is 0. The van der Waals surface area contributed by atoms with Crippen LogP contribution in [0.1, 0.15) is 5.56 Å². The first kappa shape index (κ1) is 18.1. The number of benzene rings is 2. The van der Waals surface area contributed by atoms with E-state index < -0.39 is 11.7 Å². The molecule has 3 rings (SSSR count). The molecule has 0 aromatic heterocycles. The molecule has 1 aliphatic heterocycles. The number of hydrogen-bond donors (Lipinski definition) is 0. The van der Waals surface area contributed by atoms with E-state index >= 15 is 0 Å². The maximum atomic E-state index is 12.8. The van der Waals surface area contributed by atoms with Crippen LogP contribution in [0.15, 0.2) is 47.5 Å². The number of halogens is 5. The summed E-state index contributed by atoms with van der Waals surface area (Å²) >= 11 is 13.0. The van der Waals surface area contributed by atoms with Crippen LogP contribution in [-0.4, -0.2) is 16.8 Å². The number of rotatable bonds is 2. The highest BCUT2D eigenvalue weighted by Crippen LogP contribution is 2.35. The Hall–Kier alpha value is -1.70. The molecule has 0 saturated carbocycles. The Balaban J connectivity index is 1.99. The van der Waals surface area contributed by atoms with E-state index in [1.807, 2.05) is 0 Å². The number of aliphatic imine (C=N–C) groups is 1. The predicted molar refractivity (Wildman–Crippen MR) is 94.9 cm³/mol. The van der Waals surface area contributed by atoms with Gasteiger partial charge in [0.25, 0.3) is 0 Å². The minimum atomic E-state index is -4.46. The SMILES string of the molecule is O=C1CSC(=Nc2cccc(C(F)(F)F)c2)N1c1ccc(Cl)c(Cl)c1. The fourth-order valence-electron chi connectivity index (χ4n) is 2.19. The fourth-order valence-corrected chi connectivity index (χ4v) is 3.37. The first-order valence-corrected chi connectivity index (χ1v) is 8.66. The summed E-state index contributed by atoms with van der Waals surface area (Å²) in [5.41, 5.74) is -0.239. The first-order chi connectivity index (χ1) is 11.8. The minimum Gasteiger partial charge on any atom is -0.273 e. The number of anilines is 1. The van der Waals surface area contributed by atoms with Gasteiger partial charge in [-0.3, -0.25) is 9.69 Å². The van der Waals surface area contributed by atoms with Gasteiger partial charge in [-0.05, 0) is 36.4 Å². The van der Waals surface area contributed by atoms with Gasteiger partial charge in [-0.1, -0.05) is 41.0 Å². The lowest BCUT2D eigenvalue weighted by molar-refractivity contribution is -0.137. The van der Waals surface area contributed by atoms with Crippen LogP contribution < -0.4 is 4.90 Å². The molecular formula is C16H9Cl2F3N2OS. The summed E-state index contributed by atoms with van der Waals surface area (Å²) in [5.74, 6) is -0.105. The van der Waals surface area contributed by atoms with Gasteiger partial charge in [0, 0.05) is 0 Å². The van der Waals surface area contributed by atoms with Gasteiger partial charge in [0.05, 0.1) is 32.7 Å². The third-order valence-electron chi connectivity index (χ3n) is 3.33. The Kier molecular flexibility index (Phi) is 4.99. The second-order valence-corrected chi connectivity index (χ2v) is 6.82. The van der Waals surface area contributed by atoms with Crippen molar-refractivity contribution in [1.82, 2.24) is 0 Å². The maximum Gasteiger partial charge on any atom is 0.416 e. The van der Waals surface area contributed by atoms with Gasteiger partial charge >= 0.3 is 6.18 Å². The van der Waals surface area contributed by atoms with Gasteiger partial charge in [-0.25, -0.2) is 4.99 Å². The number of carbonyl (C=O) groups excluding carboxylic acids is 1. The van der Waals surface area contributed by atoms with E-state index in [0.29, 0.717) is 10.7 Å². The van der Waals surface area contributed by atoms with Crippen molar-refractivity contribution >= 4 is 57.4 Å². The van der Waals surface area contributed by atoms with Gasteiger partial charge < -0.3 is 0 Å². The minimum absolute atomic E-state index is 0.108. The van der Waals surface area contributed by atoms with Gasteiger partial charge in [0.2, 0.25) is 5.91 Å². The molecule has 0 unspecified atom stereocenters. The molecule has 130 valence electrons. The van der Waals surface area contributed by atoms with Crippen molar-refractivity contribution in [3.63, 3.8) is 0 Å². The van der Waals surface area contributed by atoms with Crippen molar-refractivity contribution in [1.29, 1.82) is 0 Å². The molecule has 1 saturated heterocycles. The lowest BCUT2D eigenvalue weighted by Gasteiger charge is -2.17.